The van der Waals surface area contributed by atoms with Crippen LogP contribution >= 0.6 is 0 Å². The van der Waals surface area contributed by atoms with Crippen LogP contribution in [-0.4, -0.2) is 54.3 Å². The number of carbonyl (C=O) groups is 2. The highest BCUT2D eigenvalue weighted by Gasteiger charge is 2.51. The predicted molar refractivity (Wildman–Crippen MR) is 99.0 cm³/mol. The van der Waals surface area contributed by atoms with Crippen molar-refractivity contribution in [3.8, 4) is 0 Å². The molecule has 2 aromatic heterocycles. The summed E-state index contributed by atoms with van der Waals surface area (Å²) < 4.78 is 3.50. The first-order valence-corrected chi connectivity index (χ1v) is 10.0. The number of likely N-dealkylation sites (tertiary alicyclic amines) is 1. The number of nitrogens with one attached hydrogen (secondary N) is 1. The average Bonchev–Trinajstić information content (AvgIpc) is 3.36. The van der Waals surface area contributed by atoms with Gasteiger partial charge in [0.25, 0.3) is 5.91 Å². The Bertz CT molecular complexity index is 915. The van der Waals surface area contributed by atoms with Gasteiger partial charge in [-0.15, -0.1) is 0 Å². The Hall–Kier alpha value is -2.71. The zero-order valence-corrected chi connectivity index (χ0v) is 16.0. The molecular formula is C19H25N7O2. The zero-order valence-electron chi connectivity index (χ0n) is 16.0. The molecule has 0 bridgehead atoms. The van der Waals surface area contributed by atoms with E-state index in [1.807, 2.05) is 9.58 Å². The van der Waals surface area contributed by atoms with Gasteiger partial charge in [0.2, 0.25) is 5.91 Å². The number of hydrogen-bond acceptors (Lipinski definition) is 5. The van der Waals surface area contributed by atoms with Gasteiger partial charge in [-0.2, -0.15) is 10.2 Å². The average molecular weight is 383 g/mol. The summed E-state index contributed by atoms with van der Waals surface area (Å²) in [4.78, 5) is 32.1. The lowest BCUT2D eigenvalue weighted by molar-refractivity contribution is -0.129. The van der Waals surface area contributed by atoms with Crippen molar-refractivity contribution in [1.82, 2.24) is 34.8 Å². The van der Waals surface area contributed by atoms with E-state index < -0.39 is 0 Å². The summed E-state index contributed by atoms with van der Waals surface area (Å²) >= 11 is 0. The molecule has 28 heavy (non-hydrogen) atoms. The van der Waals surface area contributed by atoms with Crippen molar-refractivity contribution in [2.24, 2.45) is 18.4 Å². The van der Waals surface area contributed by atoms with Crippen LogP contribution in [0.3, 0.4) is 0 Å². The second kappa shape index (κ2) is 6.42. The number of nitrogens with zero attached hydrogens (tertiary/aromatic N) is 6. The third-order valence-electron chi connectivity index (χ3n) is 6.81. The standard InChI is InChI=1S/C19H25N7O2/c1-24-14(5-8-21-24)18(28)25-9-6-19(11-25)7-10-26-16(20-12-22-26)15(19)23-17(27)13-3-2-4-13/h5,8,12-13,15H,2-4,6-7,9-11H2,1H3,(H,23,27)/t15-,19+/m0/s1. The molecule has 5 rings (SSSR count). The van der Waals surface area contributed by atoms with Crippen molar-refractivity contribution < 1.29 is 9.59 Å². The fourth-order valence-electron chi connectivity index (χ4n) is 4.82. The van der Waals surface area contributed by atoms with Crippen LogP contribution < -0.4 is 5.32 Å². The van der Waals surface area contributed by atoms with Crippen LogP contribution in [0.5, 0.6) is 0 Å². The summed E-state index contributed by atoms with van der Waals surface area (Å²) in [6, 6.07) is 1.54. The van der Waals surface area contributed by atoms with E-state index in [-0.39, 0.29) is 29.2 Å². The molecule has 1 aliphatic carbocycles. The second-order valence-electron chi connectivity index (χ2n) is 8.34. The second-order valence-corrected chi connectivity index (χ2v) is 8.34. The summed E-state index contributed by atoms with van der Waals surface area (Å²) in [5.41, 5.74) is 0.391. The van der Waals surface area contributed by atoms with Gasteiger partial charge in [-0.05, 0) is 31.7 Å². The molecule has 0 radical (unpaired) electrons. The minimum absolute atomic E-state index is 0.00650. The number of rotatable bonds is 3. The van der Waals surface area contributed by atoms with Crippen molar-refractivity contribution in [2.75, 3.05) is 13.1 Å². The van der Waals surface area contributed by atoms with Crippen LogP contribution in [0.25, 0.3) is 0 Å². The van der Waals surface area contributed by atoms with Crippen molar-refractivity contribution in [1.29, 1.82) is 0 Å². The van der Waals surface area contributed by atoms with Gasteiger partial charge >= 0.3 is 0 Å². The van der Waals surface area contributed by atoms with Gasteiger partial charge in [0.15, 0.2) is 0 Å². The Kier molecular flexibility index (Phi) is 3.99. The Morgan fingerprint density at radius 3 is 2.75 bits per heavy atom. The molecule has 1 saturated heterocycles. The van der Waals surface area contributed by atoms with Gasteiger partial charge in [-0.3, -0.25) is 14.3 Å². The van der Waals surface area contributed by atoms with E-state index in [9.17, 15) is 9.59 Å². The first kappa shape index (κ1) is 17.4. The number of amides is 2. The maximum absolute atomic E-state index is 13.0. The SMILES string of the molecule is Cn1nccc1C(=O)N1CC[C@@]2(CCn3ncnc3[C@@H]2NC(=O)C2CCC2)C1. The lowest BCUT2D eigenvalue weighted by Crippen LogP contribution is -2.49. The molecule has 2 amide bonds. The predicted octanol–water partition coefficient (Wildman–Crippen LogP) is 0.905. The minimum Gasteiger partial charge on any atom is -0.345 e. The van der Waals surface area contributed by atoms with Crippen LogP contribution in [0.15, 0.2) is 18.6 Å². The zero-order chi connectivity index (χ0) is 19.3. The van der Waals surface area contributed by atoms with Crippen LogP contribution in [0, 0.1) is 11.3 Å². The first-order valence-electron chi connectivity index (χ1n) is 10.0. The van der Waals surface area contributed by atoms with Gasteiger partial charge in [0, 0.05) is 44.2 Å². The summed E-state index contributed by atoms with van der Waals surface area (Å²) in [6.07, 6.45) is 7.96. The van der Waals surface area contributed by atoms with Crippen LogP contribution in [0.1, 0.15) is 54.5 Å². The normalized spacial score (nSPS) is 26.9. The number of fused-ring (bicyclic) bond motifs is 1. The summed E-state index contributed by atoms with van der Waals surface area (Å²) in [7, 11) is 1.78. The van der Waals surface area contributed by atoms with E-state index in [4.69, 9.17) is 0 Å². The fourth-order valence-corrected chi connectivity index (χ4v) is 4.82. The Labute approximate surface area is 163 Å². The lowest BCUT2D eigenvalue weighted by atomic mass is 9.73. The van der Waals surface area contributed by atoms with Gasteiger partial charge in [-0.1, -0.05) is 6.42 Å². The van der Waals surface area contributed by atoms with Crippen LogP contribution in [0.2, 0.25) is 0 Å². The van der Waals surface area contributed by atoms with E-state index in [0.29, 0.717) is 18.8 Å². The van der Waals surface area contributed by atoms with E-state index in [1.54, 1.807) is 30.3 Å². The molecule has 9 nitrogen and oxygen atoms in total. The number of aryl methyl sites for hydroxylation is 2. The molecular weight excluding hydrogens is 358 g/mol. The topological polar surface area (TPSA) is 97.9 Å². The molecule has 1 N–H and O–H groups in total. The van der Waals surface area contributed by atoms with E-state index >= 15 is 0 Å². The highest BCUT2D eigenvalue weighted by molar-refractivity contribution is 5.92. The molecule has 0 aromatic carbocycles. The number of hydrogen-bond donors (Lipinski definition) is 1. The van der Waals surface area contributed by atoms with Crippen LogP contribution in [-0.2, 0) is 18.4 Å². The molecule has 2 atom stereocenters. The van der Waals surface area contributed by atoms with Crippen molar-refractivity contribution in [3.05, 3.63) is 30.1 Å². The molecule has 9 heteroatoms. The largest absolute Gasteiger partial charge is 0.345 e. The van der Waals surface area contributed by atoms with Gasteiger partial charge in [0.05, 0.1) is 6.04 Å². The molecule has 3 aliphatic rings. The molecule has 2 aromatic rings. The minimum atomic E-state index is -0.207. The Morgan fingerprint density at radius 1 is 1.21 bits per heavy atom. The molecule has 4 heterocycles. The monoisotopic (exact) mass is 383 g/mol. The third-order valence-corrected chi connectivity index (χ3v) is 6.81. The smallest absolute Gasteiger partial charge is 0.272 e. The molecule has 1 spiro atoms. The summed E-state index contributed by atoms with van der Waals surface area (Å²) in [5, 5.41) is 11.7. The molecule has 2 fully saturated rings. The number of aromatic nitrogens is 5. The summed E-state index contributed by atoms with van der Waals surface area (Å²) in [5.74, 6) is 1.04. The number of carbonyl (C=O) groups excluding carboxylic acids is 2. The quantitative estimate of drug-likeness (QED) is 0.849. The summed E-state index contributed by atoms with van der Waals surface area (Å²) in [6.45, 7) is 2.05. The van der Waals surface area contributed by atoms with E-state index in [2.05, 4.69) is 20.5 Å². The maximum Gasteiger partial charge on any atom is 0.272 e. The third kappa shape index (κ3) is 2.63. The van der Waals surface area contributed by atoms with Crippen LogP contribution in [0.4, 0.5) is 0 Å². The van der Waals surface area contributed by atoms with Gasteiger partial charge in [0.1, 0.15) is 17.8 Å². The van der Waals surface area contributed by atoms with Crippen molar-refractivity contribution in [2.45, 2.75) is 44.7 Å². The Balaban J connectivity index is 1.41. The van der Waals surface area contributed by atoms with Gasteiger partial charge < -0.3 is 10.2 Å². The highest BCUT2D eigenvalue weighted by Crippen LogP contribution is 2.48. The molecule has 148 valence electrons. The van der Waals surface area contributed by atoms with Crippen molar-refractivity contribution >= 4 is 11.8 Å². The molecule has 1 saturated carbocycles. The van der Waals surface area contributed by atoms with E-state index in [1.165, 1.54) is 0 Å². The van der Waals surface area contributed by atoms with Crippen molar-refractivity contribution in [3.63, 3.8) is 0 Å². The fraction of sp³-hybridized carbons (Fsp3) is 0.632. The first-order chi connectivity index (χ1) is 13.6. The van der Waals surface area contributed by atoms with E-state index in [0.717, 1.165) is 44.5 Å². The van der Waals surface area contributed by atoms with Gasteiger partial charge in [-0.25, -0.2) is 9.67 Å². The molecule has 2 aliphatic heterocycles. The molecule has 0 unspecified atom stereocenters. The highest BCUT2D eigenvalue weighted by atomic mass is 16.2. The maximum atomic E-state index is 13.0. The Morgan fingerprint density at radius 2 is 2.04 bits per heavy atom. The lowest BCUT2D eigenvalue weighted by Gasteiger charge is -2.41.